The standard InChI is InChI=1S/C13H17N3O3/c1-4-19-13(18)16-6-10-5-14-8(2)12(11(10)7-16)15-9(3)17/h5H,4,6-7H2,1-3H3,(H,15,17). The molecule has 0 fully saturated rings. The highest BCUT2D eigenvalue weighted by molar-refractivity contribution is 5.90. The van der Waals surface area contributed by atoms with Crippen LogP contribution in [0, 0.1) is 6.92 Å². The van der Waals surface area contributed by atoms with Crippen molar-refractivity contribution in [2.45, 2.75) is 33.9 Å². The lowest BCUT2D eigenvalue weighted by atomic mass is 10.1. The Morgan fingerprint density at radius 1 is 1.47 bits per heavy atom. The summed E-state index contributed by atoms with van der Waals surface area (Å²) in [6.07, 6.45) is 1.40. The second kappa shape index (κ2) is 5.26. The largest absolute Gasteiger partial charge is 0.450 e. The minimum atomic E-state index is -0.342. The first-order valence-corrected chi connectivity index (χ1v) is 6.19. The average Bonchev–Trinajstić information content (AvgIpc) is 2.77. The maximum atomic E-state index is 11.7. The van der Waals surface area contributed by atoms with E-state index in [1.807, 2.05) is 6.92 Å². The number of carbonyl (C=O) groups is 2. The molecule has 1 aliphatic heterocycles. The first-order chi connectivity index (χ1) is 9.02. The molecule has 0 saturated heterocycles. The van der Waals surface area contributed by atoms with Gasteiger partial charge in [-0.25, -0.2) is 4.79 Å². The molecule has 0 atom stereocenters. The van der Waals surface area contributed by atoms with Crippen LogP contribution in [-0.2, 0) is 22.6 Å². The Balaban J connectivity index is 2.27. The Morgan fingerprint density at radius 3 is 2.84 bits per heavy atom. The molecule has 0 aromatic carbocycles. The lowest BCUT2D eigenvalue weighted by Crippen LogP contribution is -2.26. The smallest absolute Gasteiger partial charge is 0.410 e. The highest BCUT2D eigenvalue weighted by Crippen LogP contribution is 2.31. The van der Waals surface area contributed by atoms with E-state index in [0.29, 0.717) is 25.4 Å². The van der Waals surface area contributed by atoms with Crippen molar-refractivity contribution in [3.8, 4) is 0 Å². The van der Waals surface area contributed by atoms with Crippen molar-refractivity contribution in [1.82, 2.24) is 9.88 Å². The van der Waals surface area contributed by atoms with Gasteiger partial charge in [-0.05, 0) is 19.4 Å². The van der Waals surface area contributed by atoms with Gasteiger partial charge in [-0.2, -0.15) is 0 Å². The number of ether oxygens (including phenoxy) is 1. The molecular formula is C13H17N3O3. The van der Waals surface area contributed by atoms with Gasteiger partial charge in [0, 0.05) is 18.7 Å². The van der Waals surface area contributed by atoms with E-state index in [2.05, 4.69) is 10.3 Å². The maximum absolute atomic E-state index is 11.7. The highest BCUT2D eigenvalue weighted by Gasteiger charge is 2.27. The fourth-order valence-corrected chi connectivity index (χ4v) is 2.15. The first kappa shape index (κ1) is 13.3. The molecule has 1 aromatic heterocycles. The molecule has 2 heterocycles. The average molecular weight is 263 g/mol. The number of fused-ring (bicyclic) bond motifs is 1. The molecule has 0 bridgehead atoms. The molecule has 1 N–H and O–H groups in total. The van der Waals surface area contributed by atoms with Crippen LogP contribution in [0.5, 0.6) is 0 Å². The van der Waals surface area contributed by atoms with Gasteiger partial charge in [-0.1, -0.05) is 0 Å². The summed E-state index contributed by atoms with van der Waals surface area (Å²) < 4.78 is 4.99. The van der Waals surface area contributed by atoms with E-state index >= 15 is 0 Å². The van der Waals surface area contributed by atoms with E-state index in [1.54, 1.807) is 18.0 Å². The summed E-state index contributed by atoms with van der Waals surface area (Å²) in [5, 5.41) is 2.78. The number of amides is 2. The van der Waals surface area contributed by atoms with Crippen LogP contribution in [0.3, 0.4) is 0 Å². The van der Waals surface area contributed by atoms with Crippen molar-refractivity contribution < 1.29 is 14.3 Å². The van der Waals surface area contributed by atoms with E-state index in [9.17, 15) is 9.59 Å². The van der Waals surface area contributed by atoms with E-state index < -0.39 is 0 Å². The van der Waals surface area contributed by atoms with Crippen LogP contribution in [-0.4, -0.2) is 28.5 Å². The summed E-state index contributed by atoms with van der Waals surface area (Å²) in [5.74, 6) is -0.145. The molecule has 6 heteroatoms. The van der Waals surface area contributed by atoms with Crippen molar-refractivity contribution in [2.75, 3.05) is 11.9 Å². The zero-order valence-corrected chi connectivity index (χ0v) is 11.3. The molecule has 0 unspecified atom stereocenters. The van der Waals surface area contributed by atoms with Gasteiger partial charge < -0.3 is 10.1 Å². The van der Waals surface area contributed by atoms with Crippen LogP contribution in [0.1, 0.15) is 30.7 Å². The molecule has 0 spiro atoms. The third kappa shape index (κ3) is 2.67. The lowest BCUT2D eigenvalue weighted by molar-refractivity contribution is -0.114. The molecule has 0 radical (unpaired) electrons. The molecule has 0 saturated carbocycles. The highest BCUT2D eigenvalue weighted by atomic mass is 16.6. The van der Waals surface area contributed by atoms with Crippen molar-refractivity contribution in [2.24, 2.45) is 0 Å². The van der Waals surface area contributed by atoms with Gasteiger partial charge in [0.15, 0.2) is 0 Å². The molecule has 2 amide bonds. The van der Waals surface area contributed by atoms with Crippen molar-refractivity contribution in [3.05, 3.63) is 23.0 Å². The molecule has 2 rings (SSSR count). The van der Waals surface area contributed by atoms with Crippen LogP contribution in [0.15, 0.2) is 6.20 Å². The Morgan fingerprint density at radius 2 is 2.21 bits per heavy atom. The number of anilines is 1. The van der Waals surface area contributed by atoms with Crippen LogP contribution < -0.4 is 5.32 Å². The van der Waals surface area contributed by atoms with Gasteiger partial charge in [0.1, 0.15) is 0 Å². The number of rotatable bonds is 2. The van der Waals surface area contributed by atoms with Crippen molar-refractivity contribution in [3.63, 3.8) is 0 Å². The van der Waals surface area contributed by atoms with Crippen LogP contribution >= 0.6 is 0 Å². The fourth-order valence-electron chi connectivity index (χ4n) is 2.15. The summed E-state index contributed by atoms with van der Waals surface area (Å²) in [6.45, 7) is 6.31. The number of carbonyl (C=O) groups excluding carboxylic acids is 2. The third-order valence-electron chi connectivity index (χ3n) is 3.00. The summed E-state index contributed by atoms with van der Waals surface area (Å²) >= 11 is 0. The lowest BCUT2D eigenvalue weighted by Gasteiger charge is -2.14. The fraction of sp³-hybridized carbons (Fsp3) is 0.462. The molecule has 102 valence electrons. The van der Waals surface area contributed by atoms with Crippen LogP contribution in [0.25, 0.3) is 0 Å². The van der Waals surface area contributed by atoms with Gasteiger partial charge >= 0.3 is 6.09 Å². The zero-order chi connectivity index (χ0) is 14.0. The monoisotopic (exact) mass is 263 g/mol. The maximum Gasteiger partial charge on any atom is 0.410 e. The second-order valence-corrected chi connectivity index (χ2v) is 4.46. The number of nitrogens with one attached hydrogen (secondary N) is 1. The Bertz CT molecular complexity index is 528. The van der Waals surface area contributed by atoms with Gasteiger partial charge in [0.2, 0.25) is 5.91 Å². The van der Waals surface area contributed by atoms with E-state index in [0.717, 1.165) is 16.8 Å². The SMILES string of the molecule is CCOC(=O)N1Cc2cnc(C)c(NC(C)=O)c2C1. The molecule has 1 aromatic rings. The number of hydrogen-bond donors (Lipinski definition) is 1. The molecule has 6 nitrogen and oxygen atoms in total. The topological polar surface area (TPSA) is 71.5 Å². The molecule has 19 heavy (non-hydrogen) atoms. The number of hydrogen-bond acceptors (Lipinski definition) is 4. The molecule has 0 aliphatic carbocycles. The van der Waals surface area contributed by atoms with Crippen molar-refractivity contribution in [1.29, 1.82) is 0 Å². The van der Waals surface area contributed by atoms with Crippen LogP contribution in [0.4, 0.5) is 10.5 Å². The quantitative estimate of drug-likeness (QED) is 0.883. The van der Waals surface area contributed by atoms with E-state index in [-0.39, 0.29) is 12.0 Å². The van der Waals surface area contributed by atoms with E-state index in [1.165, 1.54) is 6.92 Å². The number of aromatic nitrogens is 1. The van der Waals surface area contributed by atoms with Gasteiger partial charge in [0.25, 0.3) is 0 Å². The summed E-state index contributed by atoms with van der Waals surface area (Å²) in [4.78, 5) is 28.8. The molecule has 1 aliphatic rings. The van der Waals surface area contributed by atoms with Crippen LogP contribution in [0.2, 0.25) is 0 Å². The van der Waals surface area contributed by atoms with Gasteiger partial charge in [-0.3, -0.25) is 14.7 Å². The normalized spacial score (nSPS) is 13.1. The predicted molar refractivity (Wildman–Crippen MR) is 69.5 cm³/mol. The predicted octanol–water partition coefficient (Wildman–Crippen LogP) is 1.82. The van der Waals surface area contributed by atoms with Gasteiger partial charge in [0.05, 0.1) is 31.1 Å². The van der Waals surface area contributed by atoms with E-state index in [4.69, 9.17) is 4.74 Å². The summed E-state index contributed by atoms with van der Waals surface area (Å²) in [7, 11) is 0. The zero-order valence-electron chi connectivity index (χ0n) is 11.3. The molecular weight excluding hydrogens is 246 g/mol. The van der Waals surface area contributed by atoms with Crippen molar-refractivity contribution >= 4 is 17.7 Å². The first-order valence-electron chi connectivity index (χ1n) is 6.19. The Kier molecular flexibility index (Phi) is 3.69. The second-order valence-electron chi connectivity index (χ2n) is 4.46. The minimum absolute atomic E-state index is 0.145. The summed E-state index contributed by atoms with van der Waals surface area (Å²) in [6, 6.07) is 0. The Labute approximate surface area is 111 Å². The van der Waals surface area contributed by atoms with Gasteiger partial charge in [-0.15, -0.1) is 0 Å². The number of aryl methyl sites for hydroxylation is 1. The number of nitrogens with zero attached hydrogens (tertiary/aromatic N) is 2. The summed E-state index contributed by atoms with van der Waals surface area (Å²) in [5.41, 5.74) is 3.34. The Hall–Kier alpha value is -2.11. The third-order valence-corrected chi connectivity index (χ3v) is 3.00. The number of pyridine rings is 1. The minimum Gasteiger partial charge on any atom is -0.450 e.